The highest BCUT2D eigenvalue weighted by molar-refractivity contribution is 6.89. The van der Waals surface area contributed by atoms with E-state index in [2.05, 4.69) is 82.6 Å². The minimum atomic E-state index is -1.63. The molecule has 0 aliphatic carbocycles. The molecule has 0 saturated carbocycles. The SMILES string of the molecule is Cc1cccc([Si](C)(C)C)c1C1(C[Si](C)(C)C)C(=O)N(C)c2ccccc21. The van der Waals surface area contributed by atoms with Crippen molar-refractivity contribution in [3.8, 4) is 0 Å². The number of anilines is 1. The predicted octanol–water partition coefficient (Wildman–Crippen LogP) is 5.14. The minimum absolute atomic E-state index is 0.250. The number of carbonyl (C=O) groups excluding carboxylic acids is 1. The van der Waals surface area contributed by atoms with E-state index in [1.165, 1.54) is 21.9 Å². The van der Waals surface area contributed by atoms with Crippen LogP contribution >= 0.6 is 0 Å². The first kappa shape index (κ1) is 20.1. The third-order valence-corrected chi connectivity index (χ3v) is 9.32. The first-order valence-electron chi connectivity index (χ1n) is 9.88. The Labute approximate surface area is 166 Å². The molecule has 0 radical (unpaired) electrons. The molecule has 1 amide bonds. The summed E-state index contributed by atoms with van der Waals surface area (Å²) in [7, 11) is -1.24. The molecular formula is C23H33NOSi2. The van der Waals surface area contributed by atoms with Crippen molar-refractivity contribution in [2.24, 2.45) is 0 Å². The van der Waals surface area contributed by atoms with Gasteiger partial charge in [0.2, 0.25) is 5.91 Å². The molecule has 27 heavy (non-hydrogen) atoms. The van der Waals surface area contributed by atoms with E-state index in [9.17, 15) is 4.79 Å². The highest BCUT2D eigenvalue weighted by atomic mass is 28.3. The highest BCUT2D eigenvalue weighted by Crippen LogP contribution is 2.50. The van der Waals surface area contributed by atoms with Crippen LogP contribution in [0.3, 0.4) is 0 Å². The van der Waals surface area contributed by atoms with Crippen molar-refractivity contribution in [2.45, 2.75) is 57.7 Å². The maximum absolute atomic E-state index is 14.0. The summed E-state index contributed by atoms with van der Waals surface area (Å²) in [5.41, 5.74) is 4.29. The van der Waals surface area contributed by atoms with Crippen LogP contribution < -0.4 is 10.1 Å². The second kappa shape index (κ2) is 6.45. The lowest BCUT2D eigenvalue weighted by atomic mass is 9.75. The Morgan fingerprint density at radius 1 is 0.926 bits per heavy atom. The van der Waals surface area contributed by atoms with E-state index >= 15 is 0 Å². The van der Waals surface area contributed by atoms with Crippen LogP contribution in [0.25, 0.3) is 0 Å². The molecular weight excluding hydrogens is 362 g/mol. The van der Waals surface area contributed by atoms with Crippen molar-refractivity contribution in [2.75, 3.05) is 11.9 Å². The van der Waals surface area contributed by atoms with E-state index in [1.807, 2.05) is 18.0 Å². The summed E-state index contributed by atoms with van der Waals surface area (Å²) >= 11 is 0. The Balaban J connectivity index is 2.46. The lowest BCUT2D eigenvalue weighted by Crippen LogP contribution is -2.52. The van der Waals surface area contributed by atoms with Crippen LogP contribution in [-0.2, 0) is 10.2 Å². The number of amides is 1. The van der Waals surface area contributed by atoms with E-state index in [1.54, 1.807) is 0 Å². The second-order valence-electron chi connectivity index (χ2n) is 10.3. The lowest BCUT2D eigenvalue weighted by molar-refractivity contribution is -0.121. The van der Waals surface area contributed by atoms with Crippen LogP contribution in [0, 0.1) is 6.92 Å². The average Bonchev–Trinajstić information content (AvgIpc) is 2.75. The number of nitrogens with zero attached hydrogens (tertiary/aromatic N) is 1. The van der Waals surface area contributed by atoms with Crippen molar-refractivity contribution in [3.63, 3.8) is 0 Å². The van der Waals surface area contributed by atoms with E-state index in [4.69, 9.17) is 0 Å². The summed E-state index contributed by atoms with van der Waals surface area (Å²) in [6.07, 6.45) is 0. The molecule has 4 heteroatoms. The molecule has 2 nitrogen and oxygen atoms in total. The van der Waals surface area contributed by atoms with Crippen molar-refractivity contribution in [1.82, 2.24) is 0 Å². The van der Waals surface area contributed by atoms with E-state index in [0.29, 0.717) is 0 Å². The number of para-hydroxylation sites is 1. The van der Waals surface area contributed by atoms with E-state index in [0.717, 1.165) is 11.7 Å². The van der Waals surface area contributed by atoms with E-state index < -0.39 is 21.6 Å². The number of likely N-dealkylation sites (N-methyl/N-ethyl adjacent to an activating group) is 1. The Hall–Kier alpha value is -1.66. The van der Waals surface area contributed by atoms with Crippen LogP contribution in [0.1, 0.15) is 16.7 Å². The van der Waals surface area contributed by atoms with Gasteiger partial charge in [0.1, 0.15) is 0 Å². The fourth-order valence-electron chi connectivity index (χ4n) is 4.79. The minimum Gasteiger partial charge on any atom is -0.314 e. The van der Waals surface area contributed by atoms with Gasteiger partial charge in [-0.05, 0) is 35.7 Å². The molecule has 0 spiro atoms. The Bertz CT molecular complexity index is 892. The molecule has 1 unspecified atom stereocenters. The summed E-state index contributed by atoms with van der Waals surface area (Å²) in [6, 6.07) is 16.0. The van der Waals surface area contributed by atoms with Gasteiger partial charge in [-0.3, -0.25) is 4.79 Å². The molecule has 1 atom stereocenters. The zero-order chi connectivity index (χ0) is 20.2. The van der Waals surface area contributed by atoms with E-state index in [-0.39, 0.29) is 5.91 Å². The zero-order valence-electron chi connectivity index (χ0n) is 18.1. The van der Waals surface area contributed by atoms with Gasteiger partial charge in [-0.2, -0.15) is 0 Å². The molecule has 0 aromatic heterocycles. The van der Waals surface area contributed by atoms with Gasteiger partial charge in [0.15, 0.2) is 0 Å². The standard InChI is InChI=1S/C23H33NOSi2/c1-17-12-11-15-20(27(6,7)8)21(17)23(16-26(3,4)5)18-13-9-10-14-19(18)24(2)22(23)25/h9-15H,16H2,1-8H3. The van der Waals surface area contributed by atoms with Crippen molar-refractivity contribution >= 4 is 32.9 Å². The molecule has 0 saturated heterocycles. The van der Waals surface area contributed by atoms with Gasteiger partial charge >= 0.3 is 0 Å². The van der Waals surface area contributed by atoms with Crippen LogP contribution in [0.2, 0.25) is 45.3 Å². The fraction of sp³-hybridized carbons (Fsp3) is 0.435. The monoisotopic (exact) mass is 395 g/mol. The summed E-state index contributed by atoms with van der Waals surface area (Å²) in [5.74, 6) is 0.250. The summed E-state index contributed by atoms with van der Waals surface area (Å²) < 4.78 is 0. The first-order valence-corrected chi connectivity index (χ1v) is 17.1. The number of fused-ring (bicyclic) bond motifs is 1. The zero-order valence-corrected chi connectivity index (χ0v) is 20.1. The normalized spacial score (nSPS) is 20.1. The highest BCUT2D eigenvalue weighted by Gasteiger charge is 2.54. The molecule has 1 heterocycles. The lowest BCUT2D eigenvalue weighted by Gasteiger charge is -2.39. The predicted molar refractivity (Wildman–Crippen MR) is 123 cm³/mol. The smallest absolute Gasteiger partial charge is 0.241 e. The summed E-state index contributed by atoms with van der Waals surface area (Å²) in [4.78, 5) is 15.9. The molecule has 1 aliphatic heterocycles. The Morgan fingerprint density at radius 2 is 1.56 bits per heavy atom. The molecule has 144 valence electrons. The maximum Gasteiger partial charge on any atom is 0.241 e. The molecule has 0 fully saturated rings. The molecule has 0 bridgehead atoms. The van der Waals surface area contributed by atoms with Gasteiger partial charge in [0, 0.05) is 20.8 Å². The number of benzene rings is 2. The Morgan fingerprint density at radius 3 is 2.15 bits per heavy atom. The summed E-state index contributed by atoms with van der Waals surface area (Å²) in [6.45, 7) is 16.5. The second-order valence-corrected chi connectivity index (χ2v) is 20.8. The van der Waals surface area contributed by atoms with Crippen LogP contribution in [0.15, 0.2) is 42.5 Å². The molecule has 2 aromatic rings. The fourth-order valence-corrected chi connectivity index (χ4v) is 8.66. The third kappa shape index (κ3) is 3.23. The molecule has 3 rings (SSSR count). The molecule has 0 N–H and O–H groups in total. The largest absolute Gasteiger partial charge is 0.314 e. The average molecular weight is 396 g/mol. The van der Waals surface area contributed by atoms with Gasteiger partial charge in [0.05, 0.1) is 13.5 Å². The number of aryl methyl sites for hydroxylation is 1. The number of carbonyl (C=O) groups is 1. The maximum atomic E-state index is 14.0. The number of rotatable bonds is 4. The van der Waals surface area contributed by atoms with Gasteiger partial charge in [0.25, 0.3) is 0 Å². The van der Waals surface area contributed by atoms with Gasteiger partial charge in [-0.1, -0.05) is 80.9 Å². The molecule has 1 aliphatic rings. The number of hydrogen-bond acceptors (Lipinski definition) is 1. The van der Waals surface area contributed by atoms with Crippen LogP contribution in [-0.4, -0.2) is 29.1 Å². The third-order valence-electron chi connectivity index (χ3n) is 5.70. The van der Waals surface area contributed by atoms with Crippen LogP contribution in [0.5, 0.6) is 0 Å². The number of hydrogen-bond donors (Lipinski definition) is 0. The quantitative estimate of drug-likeness (QED) is 0.656. The molecule has 2 aromatic carbocycles. The first-order chi connectivity index (χ1) is 12.4. The van der Waals surface area contributed by atoms with Crippen molar-refractivity contribution in [1.29, 1.82) is 0 Å². The Kier molecular flexibility index (Phi) is 4.80. The summed E-state index contributed by atoms with van der Waals surface area (Å²) in [5, 5.41) is 1.43. The van der Waals surface area contributed by atoms with Crippen molar-refractivity contribution < 1.29 is 4.79 Å². The van der Waals surface area contributed by atoms with Gasteiger partial charge in [-0.25, -0.2) is 0 Å². The topological polar surface area (TPSA) is 20.3 Å². The van der Waals surface area contributed by atoms with Crippen molar-refractivity contribution in [3.05, 3.63) is 59.2 Å². The van der Waals surface area contributed by atoms with Gasteiger partial charge < -0.3 is 4.90 Å². The van der Waals surface area contributed by atoms with Crippen LogP contribution in [0.4, 0.5) is 5.69 Å². The van der Waals surface area contributed by atoms with Gasteiger partial charge in [-0.15, -0.1) is 0 Å².